The van der Waals surface area contributed by atoms with E-state index in [0.717, 1.165) is 56.3 Å². The lowest BCUT2D eigenvalue weighted by Gasteiger charge is -2.54. The number of rotatable bonds is 8. The zero-order valence-electron chi connectivity index (χ0n) is 24.0. The molecule has 4 aliphatic rings. The third kappa shape index (κ3) is 5.29. The Morgan fingerprint density at radius 3 is 2.47 bits per heavy atom. The number of fused-ring (bicyclic) bond motifs is 5. The average Bonchev–Trinajstić information content (AvgIpc) is 3.22. The lowest BCUT2D eigenvalue weighted by molar-refractivity contribution is -0.0408. The Hall–Kier alpha value is -1.17. The highest BCUT2D eigenvalue weighted by Gasteiger charge is 2.56. The minimum atomic E-state index is -3.51. The highest BCUT2D eigenvalue weighted by molar-refractivity contribution is 7.92. The summed E-state index contributed by atoms with van der Waals surface area (Å²) in [6.07, 6.45) is 14.3. The molecule has 0 bridgehead atoms. The molecule has 3 fully saturated rings. The van der Waals surface area contributed by atoms with Gasteiger partial charge < -0.3 is 10.2 Å². The van der Waals surface area contributed by atoms with E-state index >= 15 is 0 Å². The largest absolute Gasteiger partial charge is 0.390 e. The first-order valence-electron chi connectivity index (χ1n) is 15.3. The van der Waals surface area contributed by atoms with Crippen LogP contribution < -0.4 is 0 Å². The second-order valence-corrected chi connectivity index (χ2v) is 16.5. The van der Waals surface area contributed by atoms with Gasteiger partial charge in [-0.15, -0.1) is 0 Å². The second kappa shape index (κ2) is 10.3. The zero-order chi connectivity index (χ0) is 27.3. The average molecular weight is 543 g/mol. The lowest BCUT2D eigenvalue weighted by Crippen LogP contribution is -2.47. The fourth-order valence-electron chi connectivity index (χ4n) is 9.36. The van der Waals surface area contributed by atoms with Crippen LogP contribution in [-0.4, -0.2) is 35.1 Å². The van der Waals surface area contributed by atoms with Crippen molar-refractivity contribution in [3.63, 3.8) is 0 Å². The molecule has 0 heterocycles. The molecule has 8 atom stereocenters. The predicted molar refractivity (Wildman–Crippen MR) is 153 cm³/mol. The molecule has 0 aliphatic heterocycles. The van der Waals surface area contributed by atoms with E-state index in [1.54, 1.807) is 43.7 Å². The normalized spacial score (nSPS) is 38.1. The van der Waals surface area contributed by atoms with Crippen LogP contribution in [-0.2, 0) is 9.84 Å². The maximum Gasteiger partial charge on any atom is 0.181 e. The van der Waals surface area contributed by atoms with Crippen molar-refractivity contribution in [2.24, 2.45) is 35.0 Å². The van der Waals surface area contributed by atoms with Crippen molar-refractivity contribution in [1.82, 2.24) is 0 Å². The molecule has 2 N–H and O–H groups in total. The molecule has 3 saturated carbocycles. The summed E-state index contributed by atoms with van der Waals surface area (Å²) in [4.78, 5) is 0.373. The van der Waals surface area contributed by atoms with Crippen LogP contribution in [0, 0.1) is 35.0 Å². The molecular weight excluding hydrogens is 492 g/mol. The van der Waals surface area contributed by atoms with Crippen LogP contribution in [0.15, 0.2) is 46.9 Å². The molecule has 3 unspecified atom stereocenters. The highest BCUT2D eigenvalue weighted by Crippen LogP contribution is 2.64. The van der Waals surface area contributed by atoms with Crippen LogP contribution >= 0.6 is 0 Å². The number of hydrogen-bond acceptors (Lipinski definition) is 4. The summed E-state index contributed by atoms with van der Waals surface area (Å²) in [5.74, 6) is 3.42. The standard InChI is InChI=1S/C33H50O4S/c1-5-33(35)20-18-27-23(21-33)11-15-29-28(27)17-19-32(4)24(13-16-30(29)32)12-14-26(22-31(2,3)34)38(36,37)25-9-7-6-8-10-25/h6-11,24,26-30,34-35H,5,12-22H2,1-4H3/t24-,26?,27-,28?,29+,30?,32+,33-/m0/s1. The van der Waals surface area contributed by atoms with Crippen molar-refractivity contribution in [1.29, 1.82) is 0 Å². The number of hydrogen-bond donors (Lipinski definition) is 2. The summed E-state index contributed by atoms with van der Waals surface area (Å²) in [6, 6.07) is 8.81. The first kappa shape index (κ1) is 28.4. The Morgan fingerprint density at radius 1 is 1.05 bits per heavy atom. The van der Waals surface area contributed by atoms with Gasteiger partial charge in [0.1, 0.15) is 0 Å². The highest BCUT2D eigenvalue weighted by atomic mass is 32.2. The van der Waals surface area contributed by atoms with Crippen LogP contribution in [0.4, 0.5) is 0 Å². The summed E-state index contributed by atoms with van der Waals surface area (Å²) in [6.45, 7) is 8.09. The van der Waals surface area contributed by atoms with Gasteiger partial charge in [0, 0.05) is 0 Å². The minimum Gasteiger partial charge on any atom is -0.390 e. The number of benzene rings is 1. The Kier molecular flexibility index (Phi) is 7.72. The van der Waals surface area contributed by atoms with E-state index < -0.39 is 26.3 Å². The fourth-order valence-corrected chi connectivity index (χ4v) is 11.4. The van der Waals surface area contributed by atoms with E-state index in [-0.39, 0.29) is 11.8 Å². The number of allylic oxidation sites excluding steroid dienone is 1. The number of sulfone groups is 1. The van der Waals surface area contributed by atoms with E-state index in [0.29, 0.717) is 23.2 Å². The van der Waals surface area contributed by atoms with E-state index in [1.807, 2.05) is 6.07 Å². The molecule has 1 aromatic rings. The van der Waals surface area contributed by atoms with E-state index in [2.05, 4.69) is 19.9 Å². The second-order valence-electron chi connectivity index (χ2n) is 14.2. The molecule has 0 aromatic heterocycles. The molecule has 0 amide bonds. The molecule has 0 radical (unpaired) electrons. The van der Waals surface area contributed by atoms with Crippen LogP contribution in [0.1, 0.15) is 105 Å². The van der Waals surface area contributed by atoms with Gasteiger partial charge >= 0.3 is 0 Å². The smallest absolute Gasteiger partial charge is 0.181 e. The summed E-state index contributed by atoms with van der Waals surface area (Å²) in [5, 5.41) is 21.0. The fraction of sp³-hybridized carbons (Fsp3) is 0.758. The third-order valence-corrected chi connectivity index (χ3v) is 13.7. The van der Waals surface area contributed by atoms with Crippen LogP contribution in [0.3, 0.4) is 0 Å². The maximum atomic E-state index is 13.6. The Morgan fingerprint density at radius 2 is 1.79 bits per heavy atom. The van der Waals surface area contributed by atoms with E-state index in [1.165, 1.54) is 25.7 Å². The first-order valence-corrected chi connectivity index (χ1v) is 16.8. The van der Waals surface area contributed by atoms with Gasteiger partial charge in [-0.25, -0.2) is 8.42 Å². The van der Waals surface area contributed by atoms with E-state index in [9.17, 15) is 18.6 Å². The molecule has 5 heteroatoms. The van der Waals surface area contributed by atoms with Gasteiger partial charge in [0.2, 0.25) is 0 Å². The van der Waals surface area contributed by atoms with Gasteiger partial charge in [-0.1, -0.05) is 43.7 Å². The summed E-state index contributed by atoms with van der Waals surface area (Å²) >= 11 is 0. The Bertz CT molecular complexity index is 1120. The quantitative estimate of drug-likeness (QED) is 0.344. The predicted octanol–water partition coefficient (Wildman–Crippen LogP) is 7.10. The number of aliphatic hydroxyl groups is 2. The van der Waals surface area contributed by atoms with Crippen molar-refractivity contribution in [2.75, 3.05) is 0 Å². The summed E-state index contributed by atoms with van der Waals surface area (Å²) in [7, 11) is -3.51. The molecule has 5 rings (SSSR count). The van der Waals surface area contributed by atoms with Crippen molar-refractivity contribution in [3.05, 3.63) is 42.0 Å². The van der Waals surface area contributed by atoms with Gasteiger partial charge in [0.05, 0.1) is 21.3 Å². The zero-order valence-corrected chi connectivity index (χ0v) is 24.8. The lowest BCUT2D eigenvalue weighted by atomic mass is 9.51. The molecule has 38 heavy (non-hydrogen) atoms. The Balaban J connectivity index is 1.30. The van der Waals surface area contributed by atoms with Crippen molar-refractivity contribution < 1.29 is 18.6 Å². The van der Waals surface area contributed by atoms with Crippen molar-refractivity contribution in [2.45, 2.75) is 126 Å². The summed E-state index contributed by atoms with van der Waals surface area (Å²) < 4.78 is 27.3. The van der Waals surface area contributed by atoms with Crippen molar-refractivity contribution >= 4 is 9.84 Å². The first-order chi connectivity index (χ1) is 17.9. The summed E-state index contributed by atoms with van der Waals surface area (Å²) in [5.41, 5.74) is 0.307. The third-order valence-electron chi connectivity index (χ3n) is 11.5. The molecule has 1 aromatic carbocycles. The van der Waals surface area contributed by atoms with Gasteiger partial charge in [0.25, 0.3) is 0 Å². The van der Waals surface area contributed by atoms with Gasteiger partial charge in [-0.2, -0.15) is 0 Å². The van der Waals surface area contributed by atoms with Crippen molar-refractivity contribution in [3.8, 4) is 0 Å². The van der Waals surface area contributed by atoms with Gasteiger partial charge in [0.15, 0.2) is 9.84 Å². The minimum absolute atomic E-state index is 0.265. The molecule has 212 valence electrons. The SMILES string of the molecule is CC[C@]1(O)CC[C@H]2C(=CC[C@@H]3C2CC[C@@]2(C)C3CC[C@@H]2CCC(CC(C)(C)O)S(=O)(=O)c2ccccc2)C1. The maximum absolute atomic E-state index is 13.6. The topological polar surface area (TPSA) is 74.6 Å². The Labute approximate surface area is 231 Å². The molecular formula is C33H50O4S. The van der Waals surface area contributed by atoms with Crippen LogP contribution in [0.25, 0.3) is 0 Å². The monoisotopic (exact) mass is 542 g/mol. The molecule has 4 nitrogen and oxygen atoms in total. The van der Waals surface area contributed by atoms with E-state index in [4.69, 9.17) is 0 Å². The van der Waals surface area contributed by atoms with Gasteiger partial charge in [-0.3, -0.25) is 0 Å². The molecule has 0 spiro atoms. The van der Waals surface area contributed by atoms with Gasteiger partial charge in [-0.05, 0) is 138 Å². The molecule has 0 saturated heterocycles. The van der Waals surface area contributed by atoms with Crippen LogP contribution in [0.5, 0.6) is 0 Å². The van der Waals surface area contributed by atoms with Crippen LogP contribution in [0.2, 0.25) is 0 Å². The molecule has 4 aliphatic carbocycles.